The molecule has 0 aliphatic carbocycles. The summed E-state index contributed by atoms with van der Waals surface area (Å²) >= 11 is 11.2. The van der Waals surface area contributed by atoms with Crippen LogP contribution in [0, 0.1) is 11.3 Å². The number of carbonyl (C=O) groups is 2. The fraction of sp³-hybridized carbons (Fsp3) is 0.0526. The van der Waals surface area contributed by atoms with Gasteiger partial charge in [-0.1, -0.05) is 47.5 Å². The molecule has 0 radical (unpaired) electrons. The van der Waals surface area contributed by atoms with E-state index < -0.39 is 16.6 Å². The Kier molecular flexibility index (Phi) is 5.26. The largest absolute Gasteiger partial charge is 0.478 e. The molecule has 0 aliphatic rings. The molecule has 1 heterocycles. The number of halogens is 2. The molecule has 0 fully saturated rings. The molecule has 0 aliphatic heterocycles. The van der Waals surface area contributed by atoms with E-state index in [0.717, 1.165) is 0 Å². The molecule has 2 aromatic carbocycles. The highest BCUT2D eigenvalue weighted by molar-refractivity contribution is 6.55. The predicted octanol–water partition coefficient (Wildman–Crippen LogP) is 4.10. The van der Waals surface area contributed by atoms with Crippen molar-refractivity contribution in [1.82, 2.24) is 9.78 Å². The van der Waals surface area contributed by atoms with Crippen molar-refractivity contribution in [2.45, 2.75) is 4.84 Å². The number of carboxylic acids is 1. The molecule has 0 saturated heterocycles. The minimum atomic E-state index is -1.17. The van der Waals surface area contributed by atoms with E-state index in [9.17, 15) is 14.7 Å². The van der Waals surface area contributed by atoms with Gasteiger partial charge >= 0.3 is 5.97 Å². The Morgan fingerprint density at radius 1 is 1.07 bits per heavy atom. The number of aromatic carboxylic acids is 1. The van der Waals surface area contributed by atoms with Gasteiger partial charge in [0.15, 0.2) is 10.6 Å². The van der Waals surface area contributed by atoms with Crippen molar-refractivity contribution >= 4 is 35.0 Å². The number of benzene rings is 2. The number of rotatable bonds is 5. The van der Waals surface area contributed by atoms with Gasteiger partial charge in [-0.05, 0) is 24.3 Å². The summed E-state index contributed by atoms with van der Waals surface area (Å²) in [6.07, 6.45) is 1.39. The van der Waals surface area contributed by atoms with Gasteiger partial charge in [0.05, 0.1) is 17.3 Å². The average molecular weight is 400 g/mol. The lowest BCUT2D eigenvalue weighted by Gasteiger charge is -2.04. The van der Waals surface area contributed by atoms with E-state index in [1.807, 2.05) is 6.07 Å². The molecule has 3 rings (SSSR count). The summed E-state index contributed by atoms with van der Waals surface area (Å²) in [5.74, 6) is -1.57. The van der Waals surface area contributed by atoms with Crippen molar-refractivity contribution in [2.24, 2.45) is 0 Å². The maximum absolute atomic E-state index is 11.8. The standard InChI is InChI=1S/C19H11Cl2N3O3/c20-18(21)17(25)13-5-3-12(4-6-13)16-15(19(26)27)10-24(23-16)14-7-1-11(9-22)2-8-14/h1-8,10,18H,(H,26,27). The van der Waals surface area contributed by atoms with E-state index in [2.05, 4.69) is 5.10 Å². The topological polar surface area (TPSA) is 96.0 Å². The van der Waals surface area contributed by atoms with Gasteiger partial charge in [0.25, 0.3) is 0 Å². The van der Waals surface area contributed by atoms with Crippen molar-refractivity contribution in [1.29, 1.82) is 5.26 Å². The summed E-state index contributed by atoms with van der Waals surface area (Å²) < 4.78 is 1.42. The van der Waals surface area contributed by atoms with Gasteiger partial charge < -0.3 is 5.11 Å². The zero-order valence-corrected chi connectivity index (χ0v) is 15.1. The fourth-order valence-corrected chi connectivity index (χ4v) is 2.73. The number of nitriles is 1. The average Bonchev–Trinajstić information content (AvgIpc) is 3.13. The van der Waals surface area contributed by atoms with Crippen LogP contribution in [0.4, 0.5) is 0 Å². The molecule has 8 heteroatoms. The van der Waals surface area contributed by atoms with Crippen LogP contribution in [-0.4, -0.2) is 31.5 Å². The number of hydrogen-bond acceptors (Lipinski definition) is 4. The second-order valence-electron chi connectivity index (χ2n) is 5.54. The predicted molar refractivity (Wildman–Crippen MR) is 100 cm³/mol. The zero-order valence-electron chi connectivity index (χ0n) is 13.6. The van der Waals surface area contributed by atoms with Gasteiger partial charge in [0.2, 0.25) is 0 Å². The number of Topliss-reactive ketones (excluding diaryl/α,β-unsaturated/α-hetero) is 1. The Balaban J connectivity index is 2.02. The summed E-state index contributed by atoms with van der Waals surface area (Å²) in [4.78, 5) is 22.3. The third-order valence-corrected chi connectivity index (χ3v) is 4.24. The summed E-state index contributed by atoms with van der Waals surface area (Å²) in [7, 11) is 0. The van der Waals surface area contributed by atoms with E-state index in [1.54, 1.807) is 36.4 Å². The first-order valence-electron chi connectivity index (χ1n) is 7.67. The molecule has 134 valence electrons. The minimum Gasteiger partial charge on any atom is -0.478 e. The molecule has 0 spiro atoms. The number of ketones is 1. The highest BCUT2D eigenvalue weighted by Gasteiger charge is 2.19. The number of aromatic nitrogens is 2. The van der Waals surface area contributed by atoms with Crippen LogP contribution >= 0.6 is 23.2 Å². The number of hydrogen-bond donors (Lipinski definition) is 1. The van der Waals surface area contributed by atoms with E-state index in [0.29, 0.717) is 22.4 Å². The molecule has 0 unspecified atom stereocenters. The van der Waals surface area contributed by atoms with Gasteiger partial charge in [0.1, 0.15) is 11.3 Å². The second kappa shape index (κ2) is 7.62. The van der Waals surface area contributed by atoms with E-state index in [4.69, 9.17) is 28.5 Å². The van der Waals surface area contributed by atoms with Crippen molar-refractivity contribution in [3.63, 3.8) is 0 Å². The third-order valence-electron chi connectivity index (χ3n) is 3.85. The Hall–Kier alpha value is -3.14. The lowest BCUT2D eigenvalue weighted by molar-refractivity contribution is 0.0697. The Bertz CT molecular complexity index is 1050. The molecule has 27 heavy (non-hydrogen) atoms. The molecule has 3 aromatic rings. The first kappa shape index (κ1) is 18.6. The summed E-state index contributed by atoms with van der Waals surface area (Å²) in [6, 6.07) is 14.8. The van der Waals surface area contributed by atoms with Crippen LogP contribution in [0.3, 0.4) is 0 Å². The number of carboxylic acid groups (broad SMARTS) is 1. The van der Waals surface area contributed by atoms with Crippen LogP contribution < -0.4 is 0 Å². The van der Waals surface area contributed by atoms with E-state index in [-0.39, 0.29) is 11.3 Å². The van der Waals surface area contributed by atoms with Crippen LogP contribution in [0.15, 0.2) is 54.7 Å². The first-order chi connectivity index (χ1) is 12.9. The molecule has 0 bridgehead atoms. The van der Waals surface area contributed by atoms with Crippen molar-refractivity contribution in [3.05, 3.63) is 71.4 Å². The fourth-order valence-electron chi connectivity index (χ4n) is 2.48. The van der Waals surface area contributed by atoms with Crippen LogP contribution in [0.2, 0.25) is 0 Å². The minimum absolute atomic E-state index is 0.00556. The highest BCUT2D eigenvalue weighted by Crippen LogP contribution is 2.25. The maximum Gasteiger partial charge on any atom is 0.339 e. The van der Waals surface area contributed by atoms with E-state index >= 15 is 0 Å². The van der Waals surface area contributed by atoms with Gasteiger partial charge in [0, 0.05) is 17.3 Å². The molecule has 0 atom stereocenters. The zero-order chi connectivity index (χ0) is 19.6. The number of alkyl halides is 2. The Morgan fingerprint density at radius 3 is 2.22 bits per heavy atom. The monoisotopic (exact) mass is 399 g/mol. The maximum atomic E-state index is 11.8. The highest BCUT2D eigenvalue weighted by atomic mass is 35.5. The lowest BCUT2D eigenvalue weighted by atomic mass is 10.0. The number of nitrogens with zero attached hydrogens (tertiary/aromatic N) is 3. The summed E-state index contributed by atoms with van der Waals surface area (Å²) in [5, 5.41) is 22.7. The van der Waals surface area contributed by atoms with Crippen LogP contribution in [0.5, 0.6) is 0 Å². The molecular formula is C19H11Cl2N3O3. The molecule has 6 nitrogen and oxygen atoms in total. The smallest absolute Gasteiger partial charge is 0.339 e. The van der Waals surface area contributed by atoms with Crippen LogP contribution in [0.1, 0.15) is 26.3 Å². The summed E-state index contributed by atoms with van der Waals surface area (Å²) in [6.45, 7) is 0. The molecule has 0 saturated carbocycles. The SMILES string of the molecule is N#Cc1ccc(-n2cc(C(=O)O)c(-c3ccc(C(=O)C(Cl)Cl)cc3)n2)cc1. The van der Waals surface area contributed by atoms with E-state index in [1.165, 1.54) is 23.0 Å². The second-order valence-corrected chi connectivity index (χ2v) is 6.64. The first-order valence-corrected chi connectivity index (χ1v) is 8.54. The molecule has 1 aromatic heterocycles. The molecular weight excluding hydrogens is 389 g/mol. The third kappa shape index (κ3) is 3.85. The quantitative estimate of drug-likeness (QED) is 0.514. The van der Waals surface area contributed by atoms with Gasteiger partial charge in [-0.25, -0.2) is 9.48 Å². The van der Waals surface area contributed by atoms with Crippen molar-refractivity contribution in [2.75, 3.05) is 0 Å². The molecule has 1 N–H and O–H groups in total. The van der Waals surface area contributed by atoms with Crippen LogP contribution in [0.25, 0.3) is 16.9 Å². The van der Waals surface area contributed by atoms with Gasteiger partial charge in [-0.15, -0.1) is 0 Å². The van der Waals surface area contributed by atoms with Crippen molar-refractivity contribution < 1.29 is 14.7 Å². The van der Waals surface area contributed by atoms with Crippen molar-refractivity contribution in [3.8, 4) is 23.0 Å². The Morgan fingerprint density at radius 2 is 1.70 bits per heavy atom. The van der Waals surface area contributed by atoms with Crippen LogP contribution in [-0.2, 0) is 0 Å². The normalized spacial score (nSPS) is 10.6. The van der Waals surface area contributed by atoms with Gasteiger partial charge in [-0.2, -0.15) is 10.4 Å². The summed E-state index contributed by atoms with van der Waals surface area (Å²) in [5.41, 5.74) is 2.20. The molecule has 0 amide bonds. The lowest BCUT2D eigenvalue weighted by Crippen LogP contribution is -2.07. The Labute approximate surface area is 164 Å². The van der Waals surface area contributed by atoms with Gasteiger partial charge in [-0.3, -0.25) is 4.79 Å². The number of carbonyl (C=O) groups excluding carboxylic acids is 1.